The van der Waals surface area contributed by atoms with Crippen LogP contribution in [-0.4, -0.2) is 28.5 Å². The summed E-state index contributed by atoms with van der Waals surface area (Å²) in [6.45, 7) is 5.82. The molecule has 0 bridgehead atoms. The van der Waals surface area contributed by atoms with Gasteiger partial charge in [-0.25, -0.2) is 0 Å². The summed E-state index contributed by atoms with van der Waals surface area (Å²) in [5, 5.41) is 17.5. The molecule has 6 rings (SSSR count). The summed E-state index contributed by atoms with van der Waals surface area (Å²) in [4.78, 5) is 2.64. The molecule has 4 heteroatoms. The number of aromatic nitrogens is 2. The van der Waals surface area contributed by atoms with E-state index in [9.17, 15) is 5.11 Å². The van der Waals surface area contributed by atoms with Gasteiger partial charge in [0.2, 0.25) is 0 Å². The molecule has 0 saturated heterocycles. The average Bonchev–Trinajstić information content (AvgIpc) is 3.31. The summed E-state index contributed by atoms with van der Waals surface area (Å²) in [6.07, 6.45) is 16.3. The van der Waals surface area contributed by atoms with Crippen molar-refractivity contribution in [2.24, 2.45) is 0 Å². The van der Waals surface area contributed by atoms with Crippen molar-refractivity contribution in [2.75, 3.05) is 18.1 Å². The Bertz CT molecular complexity index is 1160. The smallest absolute Gasteiger partial charge is 0.0644 e. The molecule has 0 atom stereocenters. The molecule has 0 radical (unpaired) electrons. The van der Waals surface area contributed by atoms with E-state index in [1.54, 1.807) is 16.8 Å². The third-order valence-electron chi connectivity index (χ3n) is 8.79. The van der Waals surface area contributed by atoms with Crippen LogP contribution in [-0.2, 0) is 11.8 Å². The standard InChI is InChI=1S/C30H39N3O/c1-3-8-24-23(10-6-9-22-19-31-32-28(22)24)25-18-27-26(17-20(25)2)30(13-4-5-14-30)29(21-11-12-21)33(27)15-7-16-34/h17-19,34H,3-16H2,1-2H3,(H,31,32). The number of allylic oxidation sites excluding steroid dienone is 4. The number of aromatic amines is 1. The maximum atomic E-state index is 9.71. The highest BCUT2D eigenvalue weighted by Gasteiger charge is 2.51. The lowest BCUT2D eigenvalue weighted by atomic mass is 9.76. The SMILES string of the molecule is CCCC1=C(c2cc3c(cc2C)C2(CCCC2)C(=C2CC2)N3CCCO)CCCc2cn[nH]c21. The quantitative estimate of drug-likeness (QED) is 0.500. The maximum Gasteiger partial charge on any atom is 0.0644 e. The number of aliphatic hydroxyl groups is 1. The van der Waals surface area contributed by atoms with Crippen molar-refractivity contribution in [3.05, 3.63) is 57.5 Å². The van der Waals surface area contributed by atoms with E-state index in [0.29, 0.717) is 0 Å². The average molecular weight is 458 g/mol. The topological polar surface area (TPSA) is 52.1 Å². The van der Waals surface area contributed by atoms with Crippen LogP contribution in [0, 0.1) is 6.92 Å². The van der Waals surface area contributed by atoms with Gasteiger partial charge in [-0.3, -0.25) is 5.10 Å². The molecule has 4 nitrogen and oxygen atoms in total. The van der Waals surface area contributed by atoms with E-state index in [1.165, 1.54) is 84.2 Å². The molecule has 2 fully saturated rings. The number of nitrogens with one attached hydrogen (secondary N) is 1. The molecular formula is C30H39N3O. The number of H-pyrrole nitrogens is 1. The van der Waals surface area contributed by atoms with Crippen molar-refractivity contribution < 1.29 is 5.11 Å². The monoisotopic (exact) mass is 457 g/mol. The first-order valence-electron chi connectivity index (χ1n) is 13.7. The van der Waals surface area contributed by atoms with E-state index in [1.807, 2.05) is 6.20 Å². The van der Waals surface area contributed by atoms with Crippen molar-refractivity contribution in [2.45, 2.75) is 96.3 Å². The van der Waals surface area contributed by atoms with Crippen LogP contribution in [0.15, 0.2) is 29.6 Å². The third-order valence-corrected chi connectivity index (χ3v) is 8.79. The number of benzene rings is 1. The van der Waals surface area contributed by atoms with E-state index in [0.717, 1.165) is 38.6 Å². The second-order valence-corrected chi connectivity index (χ2v) is 11.0. The Balaban J connectivity index is 1.54. The van der Waals surface area contributed by atoms with Crippen LogP contribution in [0.4, 0.5) is 5.69 Å². The normalized spacial score (nSPS) is 20.9. The molecule has 1 aliphatic heterocycles. The van der Waals surface area contributed by atoms with Gasteiger partial charge < -0.3 is 10.0 Å². The first kappa shape index (κ1) is 22.2. The first-order valence-corrected chi connectivity index (χ1v) is 13.7. The minimum atomic E-state index is 0.223. The van der Waals surface area contributed by atoms with Crippen molar-refractivity contribution in [3.8, 4) is 0 Å². The van der Waals surface area contributed by atoms with Gasteiger partial charge in [0.1, 0.15) is 0 Å². The Kier molecular flexibility index (Phi) is 5.68. The molecule has 0 amide bonds. The summed E-state index contributed by atoms with van der Waals surface area (Å²) in [5.74, 6) is 0. The summed E-state index contributed by atoms with van der Waals surface area (Å²) in [5.41, 5.74) is 15.1. The number of nitrogens with zero attached hydrogens (tertiary/aromatic N) is 2. The van der Waals surface area contributed by atoms with Crippen LogP contribution in [0.5, 0.6) is 0 Å². The molecule has 2 saturated carbocycles. The third kappa shape index (κ3) is 3.40. The first-order chi connectivity index (χ1) is 16.7. The van der Waals surface area contributed by atoms with Crippen LogP contribution in [0.3, 0.4) is 0 Å². The molecule has 4 aliphatic rings. The van der Waals surface area contributed by atoms with Crippen LogP contribution >= 0.6 is 0 Å². The summed E-state index contributed by atoms with van der Waals surface area (Å²) in [7, 11) is 0. The number of hydrogen-bond acceptors (Lipinski definition) is 3. The Morgan fingerprint density at radius 2 is 1.91 bits per heavy atom. The molecule has 2 heterocycles. The van der Waals surface area contributed by atoms with E-state index in [4.69, 9.17) is 0 Å². The van der Waals surface area contributed by atoms with Gasteiger partial charge in [-0.1, -0.05) is 32.3 Å². The Morgan fingerprint density at radius 3 is 2.65 bits per heavy atom. The van der Waals surface area contributed by atoms with Crippen molar-refractivity contribution in [1.29, 1.82) is 0 Å². The molecule has 1 aromatic carbocycles. The summed E-state index contributed by atoms with van der Waals surface area (Å²) < 4.78 is 0. The Hall–Kier alpha value is -2.33. The van der Waals surface area contributed by atoms with Crippen LogP contribution in [0.1, 0.15) is 106 Å². The van der Waals surface area contributed by atoms with Crippen molar-refractivity contribution in [3.63, 3.8) is 0 Å². The minimum absolute atomic E-state index is 0.223. The summed E-state index contributed by atoms with van der Waals surface area (Å²) in [6, 6.07) is 5.11. The van der Waals surface area contributed by atoms with Gasteiger partial charge in [0, 0.05) is 30.0 Å². The molecule has 3 aliphatic carbocycles. The van der Waals surface area contributed by atoms with Crippen LogP contribution in [0.25, 0.3) is 11.1 Å². The van der Waals surface area contributed by atoms with Crippen LogP contribution in [0.2, 0.25) is 0 Å². The number of rotatable bonds is 6. The van der Waals surface area contributed by atoms with E-state index >= 15 is 0 Å². The molecule has 180 valence electrons. The number of aryl methyl sites for hydroxylation is 2. The van der Waals surface area contributed by atoms with Crippen LogP contribution < -0.4 is 4.90 Å². The zero-order valence-corrected chi connectivity index (χ0v) is 21.0. The predicted molar refractivity (Wildman–Crippen MR) is 140 cm³/mol. The minimum Gasteiger partial charge on any atom is -0.396 e. The highest BCUT2D eigenvalue weighted by molar-refractivity contribution is 5.93. The Labute approximate surface area is 204 Å². The van der Waals surface area contributed by atoms with Gasteiger partial charge in [-0.2, -0.15) is 5.10 Å². The van der Waals surface area contributed by atoms with Gasteiger partial charge in [-0.15, -0.1) is 0 Å². The number of anilines is 1. The van der Waals surface area contributed by atoms with E-state index in [-0.39, 0.29) is 12.0 Å². The molecule has 2 N–H and O–H groups in total. The van der Waals surface area contributed by atoms with Gasteiger partial charge in [0.15, 0.2) is 0 Å². The molecular weight excluding hydrogens is 418 g/mol. The fourth-order valence-electron chi connectivity index (χ4n) is 7.25. The van der Waals surface area contributed by atoms with Gasteiger partial charge in [-0.05, 0) is 110 Å². The highest BCUT2D eigenvalue weighted by Crippen LogP contribution is 2.60. The van der Waals surface area contributed by atoms with Gasteiger partial charge in [0.25, 0.3) is 0 Å². The van der Waals surface area contributed by atoms with Gasteiger partial charge in [0.05, 0.1) is 11.9 Å². The highest BCUT2D eigenvalue weighted by atomic mass is 16.3. The molecule has 2 aromatic rings. The van der Waals surface area contributed by atoms with E-state index in [2.05, 4.69) is 41.1 Å². The van der Waals surface area contributed by atoms with E-state index < -0.39 is 0 Å². The predicted octanol–water partition coefficient (Wildman–Crippen LogP) is 6.83. The second kappa shape index (κ2) is 8.71. The Morgan fingerprint density at radius 1 is 1.09 bits per heavy atom. The lowest BCUT2D eigenvalue weighted by molar-refractivity contribution is 0.290. The second-order valence-electron chi connectivity index (χ2n) is 11.0. The summed E-state index contributed by atoms with van der Waals surface area (Å²) >= 11 is 0. The zero-order chi connectivity index (χ0) is 23.3. The lowest BCUT2D eigenvalue weighted by Crippen LogP contribution is -2.30. The maximum absolute atomic E-state index is 9.71. The number of fused-ring (bicyclic) bond motifs is 3. The van der Waals surface area contributed by atoms with Crippen molar-refractivity contribution >= 4 is 16.8 Å². The fraction of sp³-hybridized carbons (Fsp3) is 0.567. The molecule has 1 aromatic heterocycles. The zero-order valence-electron chi connectivity index (χ0n) is 21.0. The molecule has 1 spiro atoms. The fourth-order valence-corrected chi connectivity index (χ4v) is 7.25. The van der Waals surface area contributed by atoms with Crippen molar-refractivity contribution in [1.82, 2.24) is 10.2 Å². The number of hydrogen-bond donors (Lipinski definition) is 2. The lowest BCUT2D eigenvalue weighted by Gasteiger charge is -2.30. The largest absolute Gasteiger partial charge is 0.396 e. The number of aliphatic hydroxyl groups excluding tert-OH is 1. The molecule has 0 unspecified atom stereocenters. The van der Waals surface area contributed by atoms with Gasteiger partial charge >= 0.3 is 0 Å². The molecule has 34 heavy (non-hydrogen) atoms.